The van der Waals surface area contributed by atoms with Crippen LogP contribution in [0.25, 0.3) is 11.3 Å². The molecule has 0 aliphatic rings. The number of anilines is 3. The maximum atomic E-state index is 12.8. The van der Waals surface area contributed by atoms with Gasteiger partial charge in [0.1, 0.15) is 0 Å². The molecule has 0 atom stereocenters. The van der Waals surface area contributed by atoms with Gasteiger partial charge in [0, 0.05) is 32.9 Å². The van der Waals surface area contributed by atoms with Crippen molar-refractivity contribution in [1.82, 2.24) is 10.4 Å². The molecular formula is C34H29ClIN5O4S. The van der Waals surface area contributed by atoms with Gasteiger partial charge in [-0.05, 0) is 108 Å². The first kappa shape index (κ1) is 32.9. The van der Waals surface area contributed by atoms with Gasteiger partial charge in [0.05, 0.1) is 22.1 Å². The molecule has 0 bridgehead atoms. The maximum Gasteiger partial charge on any atom is 0.271 e. The monoisotopic (exact) mass is 765 g/mol. The number of hydrogen-bond acceptors (Lipinski definition) is 8. The maximum absolute atomic E-state index is 12.8. The quantitative estimate of drug-likeness (QED) is 0.0670. The Hall–Kier alpha value is -4.46. The van der Waals surface area contributed by atoms with Crippen molar-refractivity contribution in [2.75, 3.05) is 23.8 Å². The van der Waals surface area contributed by atoms with Gasteiger partial charge in [-0.25, -0.2) is 10.4 Å². The summed E-state index contributed by atoms with van der Waals surface area (Å²) in [5, 5.41) is 13.6. The molecule has 234 valence electrons. The van der Waals surface area contributed by atoms with E-state index in [2.05, 4.69) is 48.7 Å². The summed E-state index contributed by atoms with van der Waals surface area (Å²) in [7, 11) is 0. The molecule has 0 aliphatic carbocycles. The van der Waals surface area contributed by atoms with Crippen molar-refractivity contribution in [1.29, 1.82) is 0 Å². The molecule has 9 nitrogen and oxygen atoms in total. The summed E-state index contributed by atoms with van der Waals surface area (Å²) in [5.41, 5.74) is 8.02. The van der Waals surface area contributed by atoms with Crippen LogP contribution in [0.5, 0.6) is 11.5 Å². The van der Waals surface area contributed by atoms with E-state index in [9.17, 15) is 9.59 Å². The van der Waals surface area contributed by atoms with Crippen molar-refractivity contribution < 1.29 is 19.1 Å². The molecule has 0 saturated carbocycles. The van der Waals surface area contributed by atoms with Gasteiger partial charge in [-0.2, -0.15) is 5.10 Å². The highest BCUT2D eigenvalue weighted by Gasteiger charge is 2.14. The van der Waals surface area contributed by atoms with E-state index in [0.29, 0.717) is 39.9 Å². The zero-order chi connectivity index (χ0) is 32.5. The van der Waals surface area contributed by atoms with Crippen LogP contribution in [0.3, 0.4) is 0 Å². The van der Waals surface area contributed by atoms with Crippen molar-refractivity contribution in [2.45, 2.75) is 13.8 Å². The molecule has 0 fully saturated rings. The number of halogens is 2. The number of hydrogen-bond donors (Lipinski definition) is 3. The Morgan fingerprint density at radius 1 is 1.00 bits per heavy atom. The van der Waals surface area contributed by atoms with Crippen LogP contribution in [0, 0.1) is 10.5 Å². The number of nitrogens with zero attached hydrogens (tertiary/aromatic N) is 2. The number of benzene rings is 4. The number of carbonyl (C=O) groups excluding carboxylic acids is 2. The van der Waals surface area contributed by atoms with Crippen LogP contribution in [-0.2, 0) is 4.79 Å². The number of aromatic nitrogens is 1. The number of hydrazone groups is 1. The van der Waals surface area contributed by atoms with Crippen LogP contribution in [-0.4, -0.2) is 36.2 Å². The van der Waals surface area contributed by atoms with Gasteiger partial charge in [-0.1, -0.05) is 35.9 Å². The van der Waals surface area contributed by atoms with Gasteiger partial charge in [0.2, 0.25) is 0 Å². The molecule has 2 amide bonds. The third-order valence-electron chi connectivity index (χ3n) is 6.40. The third kappa shape index (κ3) is 9.05. The average molecular weight is 766 g/mol. The number of carbonyl (C=O) groups is 2. The summed E-state index contributed by atoms with van der Waals surface area (Å²) in [6.07, 6.45) is 1.52. The minimum atomic E-state index is -0.356. The highest BCUT2D eigenvalue weighted by atomic mass is 127. The van der Waals surface area contributed by atoms with Crippen molar-refractivity contribution in [2.24, 2.45) is 5.10 Å². The lowest BCUT2D eigenvalue weighted by Gasteiger charge is -2.14. The number of thiazole rings is 1. The summed E-state index contributed by atoms with van der Waals surface area (Å²) >= 11 is 9.56. The summed E-state index contributed by atoms with van der Waals surface area (Å²) in [4.78, 5) is 29.9. The van der Waals surface area contributed by atoms with Gasteiger partial charge in [-0.15, -0.1) is 11.3 Å². The summed E-state index contributed by atoms with van der Waals surface area (Å²) in [6, 6.07) is 25.7. The van der Waals surface area contributed by atoms with Crippen molar-refractivity contribution in [3.8, 4) is 22.8 Å². The standard InChI is InChI=1S/C34H29ClIN5O4S/c1-3-44-30-17-22(16-28(36)32(30)45-19-31(42)38-27-6-4-5-21(2)15-27)18-37-41-33(43)24-9-7-23(8-10-24)29-20-46-34(40-29)39-26-13-11-25(35)12-14-26/h4-18,20H,3,19H2,1-2H3,(H,38,42)(H,39,40)(H,41,43)/b37-18-. The second-order valence-electron chi connectivity index (χ2n) is 9.92. The molecule has 0 aliphatic heterocycles. The minimum absolute atomic E-state index is 0.184. The molecule has 1 heterocycles. The average Bonchev–Trinajstić information content (AvgIpc) is 3.50. The Labute approximate surface area is 289 Å². The van der Waals surface area contributed by atoms with E-state index in [0.717, 1.165) is 31.2 Å². The van der Waals surface area contributed by atoms with E-state index < -0.39 is 0 Å². The van der Waals surface area contributed by atoms with Crippen LogP contribution in [0.4, 0.5) is 16.5 Å². The second-order valence-corrected chi connectivity index (χ2v) is 12.4. The van der Waals surface area contributed by atoms with Crippen LogP contribution in [0.15, 0.2) is 95.4 Å². The molecule has 5 rings (SSSR count). The van der Waals surface area contributed by atoms with Gasteiger partial charge >= 0.3 is 0 Å². The number of amides is 2. The molecule has 46 heavy (non-hydrogen) atoms. The molecule has 5 aromatic rings. The third-order valence-corrected chi connectivity index (χ3v) is 8.21. The first-order valence-corrected chi connectivity index (χ1v) is 16.5. The second kappa shape index (κ2) is 15.7. The Morgan fingerprint density at radius 2 is 1.78 bits per heavy atom. The Kier molecular flexibility index (Phi) is 11.2. The van der Waals surface area contributed by atoms with E-state index in [1.807, 2.05) is 86.0 Å². The Balaban J connectivity index is 1.17. The first-order valence-electron chi connectivity index (χ1n) is 14.1. The number of aryl methyl sites for hydroxylation is 1. The van der Waals surface area contributed by atoms with Gasteiger partial charge in [0.25, 0.3) is 11.8 Å². The molecule has 12 heteroatoms. The SMILES string of the molecule is CCOc1cc(/C=N\NC(=O)c2ccc(-c3csc(Nc4ccc(Cl)cc4)n3)cc2)cc(I)c1OCC(=O)Nc1cccc(C)c1. The lowest BCUT2D eigenvalue weighted by Crippen LogP contribution is -2.20. The van der Waals surface area contributed by atoms with E-state index in [1.165, 1.54) is 17.6 Å². The van der Waals surface area contributed by atoms with Crippen molar-refractivity contribution in [3.05, 3.63) is 116 Å². The van der Waals surface area contributed by atoms with Crippen LogP contribution < -0.4 is 25.5 Å². The number of rotatable bonds is 12. The van der Waals surface area contributed by atoms with E-state index in [4.69, 9.17) is 21.1 Å². The number of ether oxygens (including phenoxy) is 2. The predicted octanol–water partition coefficient (Wildman–Crippen LogP) is 8.30. The summed E-state index contributed by atoms with van der Waals surface area (Å²) in [5.74, 6) is 0.281. The molecule has 0 saturated heterocycles. The molecule has 0 radical (unpaired) electrons. The molecule has 0 spiro atoms. The molecule has 0 unspecified atom stereocenters. The fraction of sp³-hybridized carbons (Fsp3) is 0.118. The van der Waals surface area contributed by atoms with Crippen LogP contribution >= 0.6 is 45.5 Å². The molecule has 1 aromatic heterocycles. The largest absolute Gasteiger partial charge is 0.490 e. The topological polar surface area (TPSA) is 114 Å². The summed E-state index contributed by atoms with van der Waals surface area (Å²) < 4.78 is 12.3. The normalized spacial score (nSPS) is 10.9. The molecular weight excluding hydrogens is 737 g/mol. The van der Waals surface area contributed by atoms with Crippen LogP contribution in [0.2, 0.25) is 5.02 Å². The number of nitrogens with one attached hydrogen (secondary N) is 3. The van der Waals surface area contributed by atoms with E-state index in [1.54, 1.807) is 18.2 Å². The predicted molar refractivity (Wildman–Crippen MR) is 193 cm³/mol. The fourth-order valence-electron chi connectivity index (χ4n) is 4.27. The zero-order valence-electron chi connectivity index (χ0n) is 24.8. The summed E-state index contributed by atoms with van der Waals surface area (Å²) in [6.45, 7) is 4.03. The Bertz CT molecular complexity index is 1860. The van der Waals surface area contributed by atoms with Gasteiger partial charge < -0.3 is 20.1 Å². The van der Waals surface area contributed by atoms with E-state index in [-0.39, 0.29) is 18.4 Å². The molecule has 3 N–H and O–H groups in total. The minimum Gasteiger partial charge on any atom is -0.490 e. The van der Waals surface area contributed by atoms with E-state index >= 15 is 0 Å². The van der Waals surface area contributed by atoms with Gasteiger partial charge in [0.15, 0.2) is 23.2 Å². The fourth-order valence-corrected chi connectivity index (χ4v) is 5.91. The van der Waals surface area contributed by atoms with Crippen molar-refractivity contribution in [3.63, 3.8) is 0 Å². The zero-order valence-corrected chi connectivity index (χ0v) is 28.6. The lowest BCUT2D eigenvalue weighted by molar-refractivity contribution is -0.118. The van der Waals surface area contributed by atoms with Crippen LogP contribution in [0.1, 0.15) is 28.4 Å². The lowest BCUT2D eigenvalue weighted by atomic mass is 10.1. The highest BCUT2D eigenvalue weighted by molar-refractivity contribution is 14.1. The molecule has 4 aromatic carbocycles. The van der Waals surface area contributed by atoms with Gasteiger partial charge in [-0.3, -0.25) is 9.59 Å². The highest BCUT2D eigenvalue weighted by Crippen LogP contribution is 2.34. The van der Waals surface area contributed by atoms with Crippen molar-refractivity contribution >= 4 is 80.1 Å². The smallest absolute Gasteiger partial charge is 0.271 e. The first-order chi connectivity index (χ1) is 22.3. The Morgan fingerprint density at radius 3 is 2.52 bits per heavy atom.